The number of benzene rings is 1. The van der Waals surface area contributed by atoms with Crippen LogP contribution in [0, 0.1) is 0 Å². The Hall–Kier alpha value is -3.06. The lowest BCUT2D eigenvalue weighted by atomic mass is 10.0. The highest BCUT2D eigenvalue weighted by Crippen LogP contribution is 2.26. The van der Waals surface area contributed by atoms with Crippen LogP contribution in [0.1, 0.15) is 5.76 Å². The Labute approximate surface area is 153 Å². The van der Waals surface area contributed by atoms with E-state index in [4.69, 9.17) is 4.42 Å². The Kier molecular flexibility index (Phi) is 4.45. The summed E-state index contributed by atoms with van der Waals surface area (Å²) in [5, 5.41) is 3.53. The van der Waals surface area contributed by atoms with Crippen molar-refractivity contribution in [2.45, 2.75) is 11.4 Å². The topological polar surface area (TPSA) is 83.8 Å². The molecule has 7 heteroatoms. The molecule has 4 rings (SSSR count). The molecular formula is C19H16N4O2S. The molecule has 0 aliphatic carbocycles. The monoisotopic (exact) mass is 364 g/mol. The molecule has 130 valence electrons. The molecule has 0 aliphatic rings. The second-order valence-electron chi connectivity index (χ2n) is 5.63. The van der Waals surface area contributed by atoms with Crippen molar-refractivity contribution in [1.29, 1.82) is 0 Å². The van der Waals surface area contributed by atoms with Gasteiger partial charge in [0.1, 0.15) is 5.76 Å². The smallest absolute Gasteiger partial charge is 0.262 e. The van der Waals surface area contributed by atoms with Gasteiger partial charge in [0.25, 0.3) is 5.56 Å². The number of rotatable bonds is 5. The number of hydrogen-bond donors (Lipinski definition) is 2. The van der Waals surface area contributed by atoms with Crippen molar-refractivity contribution in [3.05, 3.63) is 71.0 Å². The predicted molar refractivity (Wildman–Crippen MR) is 103 cm³/mol. The molecule has 0 aliphatic heterocycles. The minimum Gasteiger partial charge on any atom is -0.467 e. The van der Waals surface area contributed by atoms with Gasteiger partial charge in [-0.1, -0.05) is 12.1 Å². The summed E-state index contributed by atoms with van der Waals surface area (Å²) in [5.74, 6) is 1.12. The molecule has 0 saturated carbocycles. The Bertz CT molecular complexity index is 1090. The molecule has 3 heterocycles. The minimum atomic E-state index is -0.228. The van der Waals surface area contributed by atoms with Gasteiger partial charge in [-0.25, -0.2) is 4.98 Å². The number of hydrogen-bond acceptors (Lipinski definition) is 6. The second-order valence-corrected chi connectivity index (χ2v) is 6.51. The standard InChI is InChI=1S/C19H16N4O2S/c1-26-14-6-4-12(5-7-14)15-8-9-20-17-16(15)18(24)23-19(22-17)21-11-13-3-2-10-25-13/h2-10H,11H2,1H3,(H2,20,21,22,23,24). The first-order valence-corrected chi connectivity index (χ1v) is 9.27. The summed E-state index contributed by atoms with van der Waals surface area (Å²) in [6.45, 7) is 0.428. The van der Waals surface area contributed by atoms with Crippen LogP contribution in [0.25, 0.3) is 22.2 Å². The van der Waals surface area contributed by atoms with E-state index in [1.807, 2.05) is 48.7 Å². The van der Waals surface area contributed by atoms with Gasteiger partial charge >= 0.3 is 0 Å². The molecule has 0 amide bonds. The Morgan fingerprint density at radius 3 is 2.77 bits per heavy atom. The van der Waals surface area contributed by atoms with E-state index in [9.17, 15) is 4.79 Å². The van der Waals surface area contributed by atoms with Gasteiger partial charge in [-0.3, -0.25) is 9.78 Å². The highest BCUT2D eigenvalue weighted by molar-refractivity contribution is 7.98. The minimum absolute atomic E-state index is 0.228. The third-order valence-electron chi connectivity index (χ3n) is 4.02. The summed E-state index contributed by atoms with van der Waals surface area (Å²) in [6, 6.07) is 13.6. The first-order valence-electron chi connectivity index (χ1n) is 8.04. The Morgan fingerprint density at radius 2 is 2.04 bits per heavy atom. The fourth-order valence-electron chi connectivity index (χ4n) is 2.74. The van der Waals surface area contributed by atoms with Crippen molar-refractivity contribution < 1.29 is 4.42 Å². The van der Waals surface area contributed by atoms with Crippen LogP contribution < -0.4 is 10.9 Å². The SMILES string of the molecule is CSc1ccc(-c2ccnc3nc(NCc4ccco4)[nH]c(=O)c23)cc1. The van der Waals surface area contributed by atoms with Crippen LogP contribution in [0.2, 0.25) is 0 Å². The first kappa shape index (κ1) is 16.4. The van der Waals surface area contributed by atoms with E-state index < -0.39 is 0 Å². The van der Waals surface area contributed by atoms with E-state index in [2.05, 4.69) is 20.3 Å². The van der Waals surface area contributed by atoms with Crippen molar-refractivity contribution >= 4 is 28.7 Å². The predicted octanol–water partition coefficient (Wildman–Crippen LogP) is 3.91. The number of aromatic amines is 1. The van der Waals surface area contributed by atoms with Crippen LogP contribution in [-0.4, -0.2) is 21.2 Å². The van der Waals surface area contributed by atoms with E-state index in [0.29, 0.717) is 23.5 Å². The van der Waals surface area contributed by atoms with Crippen LogP contribution >= 0.6 is 11.8 Å². The number of H-pyrrole nitrogens is 1. The van der Waals surface area contributed by atoms with Gasteiger partial charge in [-0.05, 0) is 47.7 Å². The Morgan fingerprint density at radius 1 is 1.19 bits per heavy atom. The summed E-state index contributed by atoms with van der Waals surface area (Å²) in [4.78, 5) is 25.3. The largest absolute Gasteiger partial charge is 0.467 e. The number of pyridine rings is 1. The number of thioether (sulfide) groups is 1. The highest BCUT2D eigenvalue weighted by atomic mass is 32.2. The molecule has 3 aromatic heterocycles. The Balaban J connectivity index is 1.72. The number of anilines is 1. The normalized spacial score (nSPS) is 11.0. The summed E-state index contributed by atoms with van der Waals surface area (Å²) < 4.78 is 5.27. The average Bonchev–Trinajstić information content (AvgIpc) is 3.19. The molecule has 0 fully saturated rings. The van der Waals surface area contributed by atoms with Gasteiger partial charge in [-0.2, -0.15) is 4.98 Å². The lowest BCUT2D eigenvalue weighted by Gasteiger charge is -2.08. The molecule has 0 radical (unpaired) electrons. The summed E-state index contributed by atoms with van der Waals surface area (Å²) in [5.41, 5.74) is 1.95. The van der Waals surface area contributed by atoms with E-state index >= 15 is 0 Å². The molecule has 0 unspecified atom stereocenters. The van der Waals surface area contributed by atoms with Gasteiger partial charge < -0.3 is 9.73 Å². The van der Waals surface area contributed by atoms with Crippen LogP contribution in [0.5, 0.6) is 0 Å². The zero-order valence-electron chi connectivity index (χ0n) is 14.0. The molecule has 0 saturated heterocycles. The fraction of sp³-hybridized carbons (Fsp3) is 0.105. The quantitative estimate of drug-likeness (QED) is 0.522. The molecule has 6 nitrogen and oxygen atoms in total. The third kappa shape index (κ3) is 3.21. The maximum atomic E-state index is 12.7. The molecule has 0 spiro atoms. The van der Waals surface area contributed by atoms with Crippen molar-refractivity contribution in [3.8, 4) is 11.1 Å². The first-order chi connectivity index (χ1) is 12.7. The van der Waals surface area contributed by atoms with Gasteiger partial charge in [0.2, 0.25) is 5.95 Å². The van der Waals surface area contributed by atoms with Gasteiger partial charge in [0, 0.05) is 11.1 Å². The zero-order valence-corrected chi connectivity index (χ0v) is 14.8. The number of fused-ring (bicyclic) bond motifs is 1. The lowest BCUT2D eigenvalue weighted by Crippen LogP contribution is -2.14. The summed E-state index contributed by atoms with van der Waals surface area (Å²) >= 11 is 1.68. The van der Waals surface area contributed by atoms with Gasteiger partial charge in [-0.15, -0.1) is 11.8 Å². The molecule has 0 bridgehead atoms. The van der Waals surface area contributed by atoms with Crippen LogP contribution in [0.4, 0.5) is 5.95 Å². The van der Waals surface area contributed by atoms with Crippen molar-refractivity contribution in [3.63, 3.8) is 0 Å². The number of nitrogens with one attached hydrogen (secondary N) is 2. The maximum Gasteiger partial charge on any atom is 0.262 e. The van der Waals surface area contributed by atoms with Gasteiger partial charge in [0.15, 0.2) is 5.65 Å². The van der Waals surface area contributed by atoms with Crippen LogP contribution in [0.3, 0.4) is 0 Å². The molecule has 1 aromatic carbocycles. The number of furan rings is 1. The number of nitrogens with zero attached hydrogens (tertiary/aromatic N) is 2. The van der Waals surface area contributed by atoms with Crippen LogP contribution in [0.15, 0.2) is 69.0 Å². The maximum absolute atomic E-state index is 12.7. The van der Waals surface area contributed by atoms with Crippen molar-refractivity contribution in [2.24, 2.45) is 0 Å². The molecule has 0 atom stereocenters. The zero-order chi connectivity index (χ0) is 17.9. The molecule has 4 aromatic rings. The van der Waals surface area contributed by atoms with Crippen molar-refractivity contribution in [1.82, 2.24) is 15.0 Å². The second kappa shape index (κ2) is 7.05. The highest BCUT2D eigenvalue weighted by Gasteiger charge is 2.11. The molecule has 26 heavy (non-hydrogen) atoms. The summed E-state index contributed by atoms with van der Waals surface area (Å²) in [7, 11) is 0. The van der Waals surface area contributed by atoms with E-state index in [0.717, 1.165) is 16.9 Å². The summed E-state index contributed by atoms with van der Waals surface area (Å²) in [6.07, 6.45) is 5.30. The van der Waals surface area contributed by atoms with E-state index in [-0.39, 0.29) is 5.56 Å². The number of aromatic nitrogens is 3. The van der Waals surface area contributed by atoms with E-state index in [1.54, 1.807) is 24.2 Å². The average molecular weight is 364 g/mol. The van der Waals surface area contributed by atoms with E-state index in [1.165, 1.54) is 4.90 Å². The molecular weight excluding hydrogens is 348 g/mol. The molecule has 2 N–H and O–H groups in total. The fourth-order valence-corrected chi connectivity index (χ4v) is 3.15. The third-order valence-corrected chi connectivity index (χ3v) is 4.76. The van der Waals surface area contributed by atoms with Crippen molar-refractivity contribution in [2.75, 3.05) is 11.6 Å². The van der Waals surface area contributed by atoms with Gasteiger partial charge in [0.05, 0.1) is 18.2 Å². The van der Waals surface area contributed by atoms with Crippen LogP contribution in [-0.2, 0) is 6.54 Å². The lowest BCUT2D eigenvalue weighted by molar-refractivity contribution is 0.517.